The third-order valence-corrected chi connectivity index (χ3v) is 7.73. The second-order valence-electron chi connectivity index (χ2n) is 6.52. The van der Waals surface area contributed by atoms with Crippen molar-refractivity contribution in [3.05, 3.63) is 107 Å². The highest BCUT2D eigenvalue weighted by molar-refractivity contribution is 7.77. The molecule has 0 fully saturated rings. The van der Waals surface area contributed by atoms with Crippen LogP contribution in [-0.4, -0.2) is 0 Å². The summed E-state index contributed by atoms with van der Waals surface area (Å²) < 4.78 is 14.3. The number of hydrogen-bond donors (Lipinski definition) is 1. The van der Waals surface area contributed by atoms with Crippen LogP contribution >= 0.6 is 7.29 Å². The second kappa shape index (κ2) is 6.57. The first kappa shape index (κ1) is 16.8. The van der Waals surface area contributed by atoms with Crippen LogP contribution in [0.3, 0.4) is 0 Å². The number of fused-ring (bicyclic) bond motifs is 1. The van der Waals surface area contributed by atoms with Gasteiger partial charge in [0.1, 0.15) is 0 Å². The Morgan fingerprint density at radius 3 is 1.96 bits per heavy atom. The number of nitrogens with one attached hydrogen (secondary N) is 1. The Kier molecular flexibility index (Phi) is 4.24. The Labute approximate surface area is 153 Å². The highest BCUT2D eigenvalue weighted by Gasteiger charge is 2.50. The van der Waals surface area contributed by atoms with E-state index in [1.54, 1.807) is 0 Å². The van der Waals surface area contributed by atoms with Crippen LogP contribution in [0.1, 0.15) is 17.5 Å². The van der Waals surface area contributed by atoms with E-state index < -0.39 is 13.0 Å². The largest absolute Gasteiger partial charge is 0.318 e. The lowest BCUT2D eigenvalue weighted by Crippen LogP contribution is -2.40. The molecular weight excluding hydrogens is 339 g/mol. The Bertz CT molecular complexity index is 968. The van der Waals surface area contributed by atoms with E-state index in [9.17, 15) is 4.57 Å². The van der Waals surface area contributed by atoms with E-state index in [-0.39, 0.29) is 0 Å². The maximum Gasteiger partial charge on any atom is 0.318 e. The molecule has 0 radical (unpaired) electrons. The van der Waals surface area contributed by atoms with Gasteiger partial charge in [0.15, 0.2) is 0 Å². The molecule has 3 nitrogen and oxygen atoms in total. The van der Waals surface area contributed by atoms with E-state index in [2.05, 4.69) is 16.0 Å². The molecule has 3 aromatic carbocycles. The summed E-state index contributed by atoms with van der Waals surface area (Å²) >= 11 is 0. The van der Waals surface area contributed by atoms with Crippen molar-refractivity contribution in [1.29, 1.82) is 0 Å². The van der Waals surface area contributed by atoms with Gasteiger partial charge in [0.2, 0.25) is 7.29 Å². The van der Waals surface area contributed by atoms with Gasteiger partial charge in [0.25, 0.3) is 0 Å². The second-order valence-corrected chi connectivity index (χ2v) is 9.00. The summed E-state index contributed by atoms with van der Waals surface area (Å²) in [5.41, 5.74) is 1.14. The number of nitrogens with zero attached hydrogens (tertiary/aromatic N) is 1. The minimum Gasteiger partial charge on any atom is -0.296 e. The molecule has 0 bridgehead atoms. The first-order valence-electron chi connectivity index (χ1n) is 8.66. The normalized spacial score (nSPS) is 18.9. The van der Waals surface area contributed by atoms with Crippen molar-refractivity contribution in [3.8, 4) is 0 Å². The summed E-state index contributed by atoms with van der Waals surface area (Å²) in [7, 11) is -3.17. The molecule has 1 N–H and O–H groups in total. The Morgan fingerprint density at radius 2 is 1.38 bits per heavy atom. The molecule has 1 atom stereocenters. The summed E-state index contributed by atoms with van der Waals surface area (Å²) in [4.78, 5) is 3.96. The molecule has 0 heterocycles. The van der Waals surface area contributed by atoms with Gasteiger partial charge in [0.05, 0.1) is 12.0 Å². The van der Waals surface area contributed by atoms with Gasteiger partial charge in [-0.3, -0.25) is 9.41 Å². The molecule has 4 rings (SSSR count). The minimum absolute atomic E-state index is 0.625. The molecule has 0 aromatic heterocycles. The number of aryl methyl sites for hydroxylation is 1. The topological polar surface area (TPSA) is 33.5 Å². The average molecular weight is 358 g/mol. The SMILES string of the molecule is [C-]#[N+][C@@]1(NP(=O)(c2ccccc2)c2ccccc2)CCc2ccccc21. The molecule has 26 heavy (non-hydrogen) atoms. The lowest BCUT2D eigenvalue weighted by atomic mass is 10.0. The van der Waals surface area contributed by atoms with Gasteiger partial charge in [-0.1, -0.05) is 54.6 Å². The van der Waals surface area contributed by atoms with Crippen LogP contribution in [0.4, 0.5) is 0 Å². The van der Waals surface area contributed by atoms with Crippen LogP contribution in [0.2, 0.25) is 0 Å². The smallest absolute Gasteiger partial charge is 0.296 e. The molecule has 1 aliphatic rings. The zero-order valence-electron chi connectivity index (χ0n) is 14.3. The first-order valence-corrected chi connectivity index (χ1v) is 10.4. The molecule has 4 heteroatoms. The summed E-state index contributed by atoms with van der Waals surface area (Å²) in [6, 6.07) is 26.8. The average Bonchev–Trinajstić information content (AvgIpc) is 3.08. The zero-order chi connectivity index (χ0) is 18.0. The lowest BCUT2D eigenvalue weighted by Gasteiger charge is -2.27. The third kappa shape index (κ3) is 2.69. The summed E-state index contributed by atoms with van der Waals surface area (Å²) in [5.74, 6) is 0. The summed E-state index contributed by atoms with van der Waals surface area (Å²) in [5, 5.41) is 4.79. The quantitative estimate of drug-likeness (QED) is 0.559. The molecule has 128 valence electrons. The highest BCUT2D eigenvalue weighted by atomic mass is 31.2. The van der Waals surface area contributed by atoms with Gasteiger partial charge < -0.3 is 0 Å². The van der Waals surface area contributed by atoms with Crippen molar-refractivity contribution < 1.29 is 4.57 Å². The van der Waals surface area contributed by atoms with Crippen molar-refractivity contribution in [1.82, 2.24) is 5.09 Å². The Balaban J connectivity index is 1.87. The molecule has 0 saturated carbocycles. The van der Waals surface area contributed by atoms with E-state index in [0.29, 0.717) is 6.42 Å². The fourth-order valence-corrected chi connectivity index (χ4v) is 6.21. The molecule has 0 amide bonds. The van der Waals surface area contributed by atoms with E-state index in [0.717, 1.165) is 28.2 Å². The van der Waals surface area contributed by atoms with Crippen LogP contribution in [0.15, 0.2) is 84.9 Å². The zero-order valence-corrected chi connectivity index (χ0v) is 15.2. The van der Waals surface area contributed by atoms with Crippen LogP contribution in [0.5, 0.6) is 0 Å². The van der Waals surface area contributed by atoms with E-state index >= 15 is 0 Å². The van der Waals surface area contributed by atoms with Gasteiger partial charge >= 0.3 is 5.66 Å². The fraction of sp³-hybridized carbons (Fsp3) is 0.136. The van der Waals surface area contributed by atoms with Gasteiger partial charge in [-0.15, -0.1) is 0 Å². The molecular formula is C22H19N2OP. The number of hydrogen-bond acceptors (Lipinski definition) is 1. The molecule has 1 aliphatic carbocycles. The maximum atomic E-state index is 14.3. The lowest BCUT2D eigenvalue weighted by molar-refractivity contribution is 0.481. The predicted molar refractivity (Wildman–Crippen MR) is 106 cm³/mol. The summed E-state index contributed by atoms with van der Waals surface area (Å²) in [6.45, 7) is 7.93. The van der Waals surface area contributed by atoms with E-state index in [4.69, 9.17) is 6.57 Å². The van der Waals surface area contributed by atoms with Crippen LogP contribution < -0.4 is 15.7 Å². The van der Waals surface area contributed by atoms with E-state index in [1.807, 2.05) is 78.9 Å². The molecule has 3 aromatic rings. The van der Waals surface area contributed by atoms with Crippen molar-refractivity contribution in [2.75, 3.05) is 0 Å². The minimum atomic E-state index is -3.17. The van der Waals surface area contributed by atoms with Crippen LogP contribution in [0.25, 0.3) is 4.85 Å². The van der Waals surface area contributed by atoms with Crippen LogP contribution in [-0.2, 0) is 16.6 Å². The summed E-state index contributed by atoms with van der Waals surface area (Å²) in [6.07, 6.45) is 1.44. The van der Waals surface area contributed by atoms with Crippen molar-refractivity contribution >= 4 is 17.9 Å². The highest BCUT2D eigenvalue weighted by Crippen LogP contribution is 2.48. The third-order valence-electron chi connectivity index (χ3n) is 4.99. The maximum absolute atomic E-state index is 14.3. The fourth-order valence-electron chi connectivity index (χ4n) is 3.66. The number of rotatable bonds is 4. The molecule has 0 unspecified atom stereocenters. The van der Waals surface area contributed by atoms with Gasteiger partial charge in [-0.2, -0.15) is 5.09 Å². The predicted octanol–water partition coefficient (Wildman–Crippen LogP) is 4.22. The molecule has 0 spiro atoms. The number of benzene rings is 3. The van der Waals surface area contributed by atoms with Gasteiger partial charge in [0, 0.05) is 10.6 Å². The van der Waals surface area contributed by atoms with Crippen molar-refractivity contribution in [3.63, 3.8) is 0 Å². The van der Waals surface area contributed by atoms with E-state index in [1.165, 1.54) is 0 Å². The van der Waals surface area contributed by atoms with Crippen molar-refractivity contribution in [2.45, 2.75) is 18.5 Å². The van der Waals surface area contributed by atoms with Crippen molar-refractivity contribution in [2.24, 2.45) is 0 Å². The Hall–Kier alpha value is -2.66. The van der Waals surface area contributed by atoms with Gasteiger partial charge in [-0.05, 0) is 42.3 Å². The monoisotopic (exact) mass is 358 g/mol. The molecule has 0 saturated heterocycles. The van der Waals surface area contributed by atoms with Crippen LogP contribution in [0, 0.1) is 6.57 Å². The van der Waals surface area contributed by atoms with Gasteiger partial charge in [-0.25, -0.2) is 6.57 Å². The first-order chi connectivity index (χ1) is 12.7. The molecule has 0 aliphatic heterocycles. The Morgan fingerprint density at radius 1 is 0.846 bits per heavy atom. The standard InChI is InChI=1S/C22H19N2OP/c1-23-22(17-16-18-10-8-9-15-21(18)22)24-26(25,19-11-4-2-5-12-19)20-13-6-3-7-14-20/h2-15H,16-17H2,(H,24,25)/t22-/m1/s1.